The molecule has 2 aromatic carbocycles. The average molecular weight is 377 g/mol. The van der Waals surface area contributed by atoms with E-state index in [9.17, 15) is 9.59 Å². The summed E-state index contributed by atoms with van der Waals surface area (Å²) in [5.74, 6) is 1.18. The number of methoxy groups -OCH3 is 2. The minimum absolute atomic E-state index is 0.117. The first kappa shape index (κ1) is 17.8. The molecule has 1 aliphatic heterocycles. The third-order valence-corrected chi connectivity index (χ3v) is 4.81. The van der Waals surface area contributed by atoms with E-state index in [1.54, 1.807) is 32.4 Å². The summed E-state index contributed by atoms with van der Waals surface area (Å²) in [5, 5.41) is 2.73. The molecule has 0 bridgehead atoms. The molecular formula is C21H19N3O4. The van der Waals surface area contributed by atoms with Gasteiger partial charge in [0.1, 0.15) is 23.1 Å². The van der Waals surface area contributed by atoms with Crippen molar-refractivity contribution < 1.29 is 14.3 Å². The number of carbonyl (C=O) groups excluding carboxylic acids is 1. The SMILES string of the molecule is COc1ccc(OC)c(C2CC(=O)Nc3nc(-c4ccccc4)[nH]c(=O)c32)c1. The van der Waals surface area contributed by atoms with Crippen LogP contribution in [0.3, 0.4) is 0 Å². The summed E-state index contributed by atoms with van der Waals surface area (Å²) in [5.41, 5.74) is 1.58. The third-order valence-electron chi connectivity index (χ3n) is 4.81. The maximum atomic E-state index is 13.0. The highest BCUT2D eigenvalue weighted by molar-refractivity contribution is 5.94. The van der Waals surface area contributed by atoms with Crippen LogP contribution in [0, 0.1) is 0 Å². The zero-order valence-corrected chi connectivity index (χ0v) is 15.5. The number of anilines is 1. The monoisotopic (exact) mass is 377 g/mol. The molecule has 0 spiro atoms. The Labute approximate surface area is 161 Å². The summed E-state index contributed by atoms with van der Waals surface area (Å²) in [7, 11) is 3.11. The second-order valence-corrected chi connectivity index (χ2v) is 6.46. The Balaban J connectivity index is 1.89. The van der Waals surface area contributed by atoms with Gasteiger partial charge in [-0.3, -0.25) is 9.59 Å². The van der Waals surface area contributed by atoms with Crippen molar-refractivity contribution in [3.05, 3.63) is 70.0 Å². The standard InChI is InChI=1S/C21H19N3O4/c1-27-13-8-9-16(28-2)14(10-13)15-11-17(25)22-20-18(15)21(26)24-19(23-20)12-6-4-3-5-7-12/h3-10,15H,11H2,1-2H3,(H2,22,23,24,25,26). The summed E-state index contributed by atoms with van der Waals surface area (Å²) in [6, 6.07) is 14.6. The molecule has 7 heteroatoms. The van der Waals surface area contributed by atoms with Crippen molar-refractivity contribution in [3.8, 4) is 22.9 Å². The van der Waals surface area contributed by atoms with Crippen molar-refractivity contribution in [2.45, 2.75) is 12.3 Å². The third kappa shape index (κ3) is 3.11. The van der Waals surface area contributed by atoms with Crippen LogP contribution >= 0.6 is 0 Å². The molecule has 28 heavy (non-hydrogen) atoms. The van der Waals surface area contributed by atoms with E-state index in [4.69, 9.17) is 9.47 Å². The highest BCUT2D eigenvalue weighted by Gasteiger charge is 2.33. The minimum Gasteiger partial charge on any atom is -0.497 e. The molecule has 4 rings (SSSR count). The van der Waals surface area contributed by atoms with Crippen LogP contribution in [-0.2, 0) is 4.79 Å². The van der Waals surface area contributed by atoms with Gasteiger partial charge in [0.05, 0.1) is 19.8 Å². The molecule has 2 heterocycles. The van der Waals surface area contributed by atoms with Gasteiger partial charge in [0.2, 0.25) is 5.91 Å². The zero-order valence-electron chi connectivity index (χ0n) is 15.5. The molecule has 0 saturated heterocycles. The van der Waals surface area contributed by atoms with Gasteiger partial charge in [-0.05, 0) is 18.2 Å². The first-order chi connectivity index (χ1) is 13.6. The molecule has 1 unspecified atom stereocenters. The van der Waals surface area contributed by atoms with Gasteiger partial charge in [0.25, 0.3) is 5.56 Å². The summed E-state index contributed by atoms with van der Waals surface area (Å²) in [6.07, 6.45) is 0.117. The second-order valence-electron chi connectivity index (χ2n) is 6.46. The molecule has 0 fully saturated rings. The van der Waals surface area contributed by atoms with Gasteiger partial charge in [0.15, 0.2) is 0 Å². The number of rotatable bonds is 4. The maximum Gasteiger partial charge on any atom is 0.257 e. The molecule has 1 aliphatic rings. The van der Waals surface area contributed by atoms with E-state index in [0.29, 0.717) is 28.5 Å². The van der Waals surface area contributed by atoms with E-state index in [-0.39, 0.29) is 23.7 Å². The molecule has 0 aliphatic carbocycles. The lowest BCUT2D eigenvalue weighted by atomic mass is 9.86. The van der Waals surface area contributed by atoms with Crippen LogP contribution in [0.4, 0.5) is 5.82 Å². The topological polar surface area (TPSA) is 93.3 Å². The molecule has 2 N–H and O–H groups in total. The van der Waals surface area contributed by atoms with Crippen molar-refractivity contribution in [2.75, 3.05) is 19.5 Å². The average Bonchev–Trinajstić information content (AvgIpc) is 2.72. The molecule has 1 amide bonds. The number of hydrogen-bond donors (Lipinski definition) is 2. The first-order valence-corrected chi connectivity index (χ1v) is 8.82. The second kappa shape index (κ2) is 7.19. The number of hydrogen-bond acceptors (Lipinski definition) is 5. The molecule has 1 aromatic heterocycles. The van der Waals surface area contributed by atoms with E-state index in [1.807, 2.05) is 30.3 Å². The van der Waals surface area contributed by atoms with E-state index in [1.165, 1.54) is 0 Å². The Morgan fingerprint density at radius 2 is 1.82 bits per heavy atom. The number of nitrogens with one attached hydrogen (secondary N) is 2. The smallest absolute Gasteiger partial charge is 0.257 e. The molecular weight excluding hydrogens is 358 g/mol. The van der Waals surface area contributed by atoms with Crippen molar-refractivity contribution in [1.29, 1.82) is 0 Å². The quantitative estimate of drug-likeness (QED) is 0.729. The Morgan fingerprint density at radius 1 is 1.04 bits per heavy atom. The first-order valence-electron chi connectivity index (χ1n) is 8.82. The summed E-state index contributed by atoms with van der Waals surface area (Å²) in [6.45, 7) is 0. The van der Waals surface area contributed by atoms with Crippen LogP contribution in [-0.4, -0.2) is 30.1 Å². The lowest BCUT2D eigenvalue weighted by Gasteiger charge is -2.26. The lowest BCUT2D eigenvalue weighted by molar-refractivity contribution is -0.116. The van der Waals surface area contributed by atoms with Crippen molar-refractivity contribution in [1.82, 2.24) is 9.97 Å². The predicted molar refractivity (Wildman–Crippen MR) is 105 cm³/mol. The van der Waals surface area contributed by atoms with E-state index in [0.717, 1.165) is 5.56 Å². The number of aromatic nitrogens is 2. The van der Waals surface area contributed by atoms with Crippen LogP contribution in [0.5, 0.6) is 11.5 Å². The van der Waals surface area contributed by atoms with Gasteiger partial charge in [-0.2, -0.15) is 0 Å². The number of amides is 1. The van der Waals surface area contributed by atoms with Gasteiger partial charge >= 0.3 is 0 Å². The molecule has 3 aromatic rings. The van der Waals surface area contributed by atoms with Gasteiger partial charge in [0, 0.05) is 23.5 Å². The van der Waals surface area contributed by atoms with Crippen LogP contribution in [0.2, 0.25) is 0 Å². The minimum atomic E-state index is -0.491. The molecule has 7 nitrogen and oxygen atoms in total. The Hall–Kier alpha value is -3.61. The number of carbonyl (C=O) groups is 1. The Kier molecular flexibility index (Phi) is 4.57. The number of ether oxygens (including phenoxy) is 2. The van der Waals surface area contributed by atoms with Crippen molar-refractivity contribution >= 4 is 11.7 Å². The zero-order chi connectivity index (χ0) is 19.7. The van der Waals surface area contributed by atoms with E-state index in [2.05, 4.69) is 15.3 Å². The van der Waals surface area contributed by atoms with Gasteiger partial charge in [-0.25, -0.2) is 4.98 Å². The summed E-state index contributed by atoms with van der Waals surface area (Å²) >= 11 is 0. The highest BCUT2D eigenvalue weighted by atomic mass is 16.5. The fourth-order valence-corrected chi connectivity index (χ4v) is 3.48. The number of H-pyrrole nitrogens is 1. The van der Waals surface area contributed by atoms with E-state index < -0.39 is 5.92 Å². The number of aromatic amines is 1. The van der Waals surface area contributed by atoms with Gasteiger partial charge in [-0.15, -0.1) is 0 Å². The number of fused-ring (bicyclic) bond motifs is 1. The van der Waals surface area contributed by atoms with E-state index >= 15 is 0 Å². The van der Waals surface area contributed by atoms with Gasteiger partial charge < -0.3 is 19.8 Å². The van der Waals surface area contributed by atoms with Crippen LogP contribution < -0.4 is 20.3 Å². The summed E-state index contributed by atoms with van der Waals surface area (Å²) < 4.78 is 10.8. The van der Waals surface area contributed by atoms with Crippen LogP contribution in [0.25, 0.3) is 11.4 Å². The molecule has 0 radical (unpaired) electrons. The predicted octanol–water partition coefficient (Wildman–Crippen LogP) is 2.93. The molecule has 0 saturated carbocycles. The normalized spacial score (nSPS) is 15.5. The lowest BCUT2D eigenvalue weighted by Crippen LogP contribution is -2.31. The van der Waals surface area contributed by atoms with Crippen molar-refractivity contribution in [2.24, 2.45) is 0 Å². The van der Waals surface area contributed by atoms with Crippen LogP contribution in [0.15, 0.2) is 53.3 Å². The summed E-state index contributed by atoms with van der Waals surface area (Å²) in [4.78, 5) is 32.7. The Morgan fingerprint density at radius 3 is 2.54 bits per heavy atom. The van der Waals surface area contributed by atoms with Crippen LogP contribution in [0.1, 0.15) is 23.5 Å². The van der Waals surface area contributed by atoms with Crippen molar-refractivity contribution in [3.63, 3.8) is 0 Å². The Bertz CT molecular complexity index is 1090. The highest BCUT2D eigenvalue weighted by Crippen LogP contribution is 2.40. The van der Waals surface area contributed by atoms with Gasteiger partial charge in [-0.1, -0.05) is 30.3 Å². The fourth-order valence-electron chi connectivity index (χ4n) is 3.48. The fraction of sp³-hybridized carbons (Fsp3) is 0.190. The maximum absolute atomic E-state index is 13.0. The largest absolute Gasteiger partial charge is 0.497 e. The molecule has 142 valence electrons. The number of nitrogens with zero attached hydrogens (tertiary/aromatic N) is 1. The number of benzene rings is 2. The molecule has 1 atom stereocenters.